The summed E-state index contributed by atoms with van der Waals surface area (Å²) in [6.07, 6.45) is 1.07. The first-order valence-corrected chi connectivity index (χ1v) is 10.9. The van der Waals surface area contributed by atoms with Gasteiger partial charge in [0.25, 0.3) is 5.91 Å². The van der Waals surface area contributed by atoms with Gasteiger partial charge in [0.1, 0.15) is 0 Å². The van der Waals surface area contributed by atoms with Crippen LogP contribution in [0.2, 0.25) is 0 Å². The zero-order valence-electron chi connectivity index (χ0n) is 17.9. The molecule has 0 unspecified atom stereocenters. The average molecular weight is 416 g/mol. The highest BCUT2D eigenvalue weighted by Crippen LogP contribution is 2.16. The van der Waals surface area contributed by atoms with Crippen molar-refractivity contribution in [3.05, 3.63) is 57.3 Å². The fourth-order valence-electron chi connectivity index (χ4n) is 2.70. The number of carbonyl (C=O) groups is 1. The number of hydrogen-bond donors (Lipinski definition) is 3. The SMILES string of the molecule is CCNC(=NCc1cccc(C(=O)NCCN(C)C)c1)NCc1ccc(CC)s1. The van der Waals surface area contributed by atoms with Crippen molar-refractivity contribution in [2.75, 3.05) is 33.7 Å². The van der Waals surface area contributed by atoms with E-state index in [0.29, 0.717) is 18.7 Å². The quantitative estimate of drug-likeness (QED) is 0.412. The fourth-order valence-corrected chi connectivity index (χ4v) is 3.59. The molecule has 0 bridgehead atoms. The Hall–Kier alpha value is -2.38. The van der Waals surface area contributed by atoms with Crippen molar-refractivity contribution >= 4 is 23.2 Å². The van der Waals surface area contributed by atoms with E-state index in [1.165, 1.54) is 9.75 Å². The number of amides is 1. The number of guanidine groups is 1. The van der Waals surface area contributed by atoms with Crippen LogP contribution in [0, 0.1) is 0 Å². The van der Waals surface area contributed by atoms with E-state index in [1.54, 1.807) is 0 Å². The molecule has 3 N–H and O–H groups in total. The summed E-state index contributed by atoms with van der Waals surface area (Å²) in [5, 5.41) is 9.61. The molecular weight excluding hydrogens is 382 g/mol. The van der Waals surface area contributed by atoms with Gasteiger partial charge in [-0.05, 0) is 57.3 Å². The van der Waals surface area contributed by atoms with Gasteiger partial charge in [-0.3, -0.25) is 4.79 Å². The maximum Gasteiger partial charge on any atom is 0.251 e. The third-order valence-electron chi connectivity index (χ3n) is 4.29. The summed E-state index contributed by atoms with van der Waals surface area (Å²) >= 11 is 1.83. The highest BCUT2D eigenvalue weighted by atomic mass is 32.1. The van der Waals surface area contributed by atoms with Crippen LogP contribution in [0.25, 0.3) is 0 Å². The van der Waals surface area contributed by atoms with E-state index in [-0.39, 0.29) is 5.91 Å². The smallest absolute Gasteiger partial charge is 0.251 e. The van der Waals surface area contributed by atoms with Crippen LogP contribution in [0.5, 0.6) is 0 Å². The molecule has 0 fully saturated rings. The van der Waals surface area contributed by atoms with E-state index in [4.69, 9.17) is 0 Å². The number of benzene rings is 1. The molecular formula is C22H33N5OS. The second-order valence-electron chi connectivity index (χ2n) is 7.03. The molecule has 0 aliphatic heterocycles. The highest BCUT2D eigenvalue weighted by molar-refractivity contribution is 7.11. The zero-order chi connectivity index (χ0) is 21.1. The Morgan fingerprint density at radius 3 is 2.55 bits per heavy atom. The minimum Gasteiger partial charge on any atom is -0.357 e. The van der Waals surface area contributed by atoms with Crippen molar-refractivity contribution in [2.24, 2.45) is 4.99 Å². The number of nitrogens with zero attached hydrogens (tertiary/aromatic N) is 2. The monoisotopic (exact) mass is 415 g/mol. The average Bonchev–Trinajstić information content (AvgIpc) is 3.18. The minimum absolute atomic E-state index is 0.0489. The molecule has 29 heavy (non-hydrogen) atoms. The fraction of sp³-hybridized carbons (Fsp3) is 0.455. The molecule has 0 atom stereocenters. The molecule has 0 radical (unpaired) electrons. The van der Waals surface area contributed by atoms with Crippen LogP contribution in [0.1, 0.15) is 39.5 Å². The minimum atomic E-state index is -0.0489. The van der Waals surface area contributed by atoms with Gasteiger partial charge < -0.3 is 20.9 Å². The molecule has 0 aliphatic rings. The number of hydrogen-bond acceptors (Lipinski definition) is 4. The topological polar surface area (TPSA) is 68.8 Å². The number of likely N-dealkylation sites (N-methyl/N-ethyl adjacent to an activating group) is 1. The number of carbonyl (C=O) groups excluding carboxylic acids is 1. The Labute approximate surface area is 178 Å². The first kappa shape index (κ1) is 22.9. The Balaban J connectivity index is 1.94. The Morgan fingerprint density at radius 1 is 1.07 bits per heavy atom. The molecule has 0 spiro atoms. The normalized spacial score (nSPS) is 11.6. The van der Waals surface area contributed by atoms with Gasteiger partial charge in [0.2, 0.25) is 0 Å². The number of aliphatic imine (C=N–C) groups is 1. The van der Waals surface area contributed by atoms with Crippen molar-refractivity contribution in [1.82, 2.24) is 20.9 Å². The number of nitrogens with one attached hydrogen (secondary N) is 3. The third kappa shape index (κ3) is 8.25. The Bertz CT molecular complexity index is 800. The van der Waals surface area contributed by atoms with Crippen molar-refractivity contribution in [2.45, 2.75) is 33.4 Å². The number of aryl methyl sites for hydroxylation is 1. The summed E-state index contributed by atoms with van der Waals surface area (Å²) in [6.45, 7) is 7.73. The van der Waals surface area contributed by atoms with Crippen molar-refractivity contribution in [3.8, 4) is 0 Å². The lowest BCUT2D eigenvalue weighted by molar-refractivity contribution is 0.0951. The molecule has 6 nitrogen and oxygen atoms in total. The molecule has 1 aromatic carbocycles. The second kappa shape index (κ2) is 12.2. The van der Waals surface area contributed by atoms with Gasteiger partial charge in [-0.1, -0.05) is 19.1 Å². The zero-order valence-corrected chi connectivity index (χ0v) is 18.7. The van der Waals surface area contributed by atoms with E-state index in [1.807, 2.05) is 54.6 Å². The van der Waals surface area contributed by atoms with E-state index in [9.17, 15) is 4.79 Å². The van der Waals surface area contributed by atoms with Crippen LogP contribution in [0.15, 0.2) is 41.4 Å². The predicted molar refractivity (Wildman–Crippen MR) is 123 cm³/mol. The molecule has 2 rings (SSSR count). The lowest BCUT2D eigenvalue weighted by atomic mass is 10.1. The lowest BCUT2D eigenvalue weighted by Crippen LogP contribution is -2.36. The summed E-state index contributed by atoms with van der Waals surface area (Å²) in [4.78, 5) is 21.7. The Morgan fingerprint density at radius 2 is 1.86 bits per heavy atom. The maximum atomic E-state index is 12.3. The van der Waals surface area contributed by atoms with E-state index < -0.39 is 0 Å². The van der Waals surface area contributed by atoms with E-state index in [0.717, 1.165) is 37.6 Å². The van der Waals surface area contributed by atoms with Crippen LogP contribution in [-0.4, -0.2) is 50.5 Å². The summed E-state index contributed by atoms with van der Waals surface area (Å²) in [6, 6.07) is 12.0. The third-order valence-corrected chi connectivity index (χ3v) is 5.52. The molecule has 0 aliphatic carbocycles. The van der Waals surface area contributed by atoms with E-state index in [2.05, 4.69) is 46.9 Å². The van der Waals surface area contributed by atoms with Crippen LogP contribution in [0.3, 0.4) is 0 Å². The maximum absolute atomic E-state index is 12.3. The molecule has 0 saturated carbocycles. The highest BCUT2D eigenvalue weighted by Gasteiger charge is 2.06. The van der Waals surface area contributed by atoms with Gasteiger partial charge >= 0.3 is 0 Å². The van der Waals surface area contributed by atoms with Gasteiger partial charge in [-0.25, -0.2) is 4.99 Å². The van der Waals surface area contributed by atoms with Crippen molar-refractivity contribution < 1.29 is 4.79 Å². The predicted octanol–water partition coefficient (Wildman–Crippen LogP) is 2.86. The molecule has 1 aromatic heterocycles. The van der Waals surface area contributed by atoms with Gasteiger partial charge in [-0.15, -0.1) is 11.3 Å². The van der Waals surface area contributed by atoms with Gasteiger partial charge in [0.15, 0.2) is 5.96 Å². The first-order valence-electron chi connectivity index (χ1n) is 10.1. The standard InChI is InChI=1S/C22H33N5OS/c1-5-19-10-11-20(29-19)16-26-22(23-6-2)25-15-17-8-7-9-18(14-17)21(28)24-12-13-27(3)4/h7-11,14H,5-6,12-13,15-16H2,1-4H3,(H,24,28)(H2,23,25,26). The summed E-state index contributed by atoms with van der Waals surface area (Å²) < 4.78 is 0. The molecule has 158 valence electrons. The van der Waals surface area contributed by atoms with E-state index >= 15 is 0 Å². The van der Waals surface area contributed by atoms with Crippen molar-refractivity contribution in [1.29, 1.82) is 0 Å². The second-order valence-corrected chi connectivity index (χ2v) is 8.28. The lowest BCUT2D eigenvalue weighted by Gasteiger charge is -2.12. The molecule has 1 heterocycles. The Kier molecular flexibility index (Phi) is 9.67. The largest absolute Gasteiger partial charge is 0.357 e. The van der Waals surface area contributed by atoms with Gasteiger partial charge in [0, 0.05) is 35.0 Å². The van der Waals surface area contributed by atoms with Crippen LogP contribution < -0.4 is 16.0 Å². The number of thiophene rings is 1. The molecule has 7 heteroatoms. The summed E-state index contributed by atoms with van der Waals surface area (Å²) in [5.41, 5.74) is 1.67. The summed E-state index contributed by atoms with van der Waals surface area (Å²) in [7, 11) is 3.98. The summed E-state index contributed by atoms with van der Waals surface area (Å²) in [5.74, 6) is 0.729. The van der Waals surface area contributed by atoms with Crippen LogP contribution in [0.4, 0.5) is 0 Å². The van der Waals surface area contributed by atoms with Gasteiger partial charge in [-0.2, -0.15) is 0 Å². The number of rotatable bonds is 10. The first-order chi connectivity index (χ1) is 14.0. The molecule has 0 saturated heterocycles. The molecule has 2 aromatic rings. The van der Waals surface area contributed by atoms with Crippen molar-refractivity contribution in [3.63, 3.8) is 0 Å². The molecule has 1 amide bonds. The van der Waals surface area contributed by atoms with Crippen LogP contribution >= 0.6 is 11.3 Å². The van der Waals surface area contributed by atoms with Gasteiger partial charge in [0.05, 0.1) is 13.1 Å². The van der Waals surface area contributed by atoms with Crippen LogP contribution in [-0.2, 0) is 19.5 Å².